The SMILES string of the molecule is CN1[C@@H]2CC[C@H]1CC(Oc1ccc(-n3cnc4cc(C#CC5CC5)sc4c3=O)c(F)c1)C2. The summed E-state index contributed by atoms with van der Waals surface area (Å²) in [5, 5.41) is 0. The number of fused-ring (bicyclic) bond motifs is 3. The third-order valence-corrected chi connectivity index (χ3v) is 7.98. The maximum absolute atomic E-state index is 15.0. The van der Waals surface area contributed by atoms with Crippen molar-refractivity contribution in [1.82, 2.24) is 14.5 Å². The smallest absolute Gasteiger partial charge is 0.275 e. The van der Waals surface area contributed by atoms with Crippen LogP contribution >= 0.6 is 11.3 Å². The van der Waals surface area contributed by atoms with Gasteiger partial charge in [-0.1, -0.05) is 11.8 Å². The quantitative estimate of drug-likeness (QED) is 0.558. The predicted octanol–water partition coefficient (Wildman–Crippen LogP) is 4.35. The van der Waals surface area contributed by atoms with E-state index in [0.717, 1.165) is 30.6 Å². The normalized spacial score (nSPS) is 25.0. The minimum Gasteiger partial charge on any atom is -0.490 e. The molecule has 1 saturated carbocycles. The second-order valence-electron chi connectivity index (χ2n) is 9.16. The van der Waals surface area contributed by atoms with Crippen LogP contribution in [0.3, 0.4) is 0 Å². The second-order valence-corrected chi connectivity index (χ2v) is 10.2. The maximum Gasteiger partial charge on any atom is 0.275 e. The Hall–Kier alpha value is -2.69. The highest BCUT2D eigenvalue weighted by Crippen LogP contribution is 2.36. The molecule has 2 saturated heterocycles. The van der Waals surface area contributed by atoms with Crippen molar-refractivity contribution in [2.24, 2.45) is 5.92 Å². The maximum atomic E-state index is 15.0. The number of hydrogen-bond donors (Lipinski definition) is 0. The lowest BCUT2D eigenvalue weighted by molar-refractivity contribution is 0.0660. The summed E-state index contributed by atoms with van der Waals surface area (Å²) < 4.78 is 22.9. The number of aromatic nitrogens is 2. The van der Waals surface area contributed by atoms with E-state index >= 15 is 4.39 Å². The molecule has 0 radical (unpaired) electrons. The van der Waals surface area contributed by atoms with Crippen molar-refractivity contribution in [3.05, 3.63) is 51.6 Å². The Balaban J connectivity index is 1.25. The van der Waals surface area contributed by atoms with E-state index in [1.807, 2.05) is 6.07 Å². The number of piperidine rings is 1. The molecule has 3 fully saturated rings. The summed E-state index contributed by atoms with van der Waals surface area (Å²) in [5.74, 6) is 6.85. The lowest BCUT2D eigenvalue weighted by atomic mass is 10.0. The summed E-state index contributed by atoms with van der Waals surface area (Å²) in [5.41, 5.74) is 0.506. The van der Waals surface area contributed by atoms with Gasteiger partial charge >= 0.3 is 0 Å². The molecule has 7 heteroatoms. The van der Waals surface area contributed by atoms with Crippen molar-refractivity contribution < 1.29 is 9.13 Å². The second kappa shape index (κ2) is 7.72. The molecule has 0 amide bonds. The molecule has 3 aliphatic rings. The van der Waals surface area contributed by atoms with E-state index in [-0.39, 0.29) is 17.4 Å². The molecule has 3 atom stereocenters. The summed E-state index contributed by atoms with van der Waals surface area (Å²) in [6.45, 7) is 0. The molecule has 4 heterocycles. The van der Waals surface area contributed by atoms with Crippen LogP contribution in [0.15, 0.2) is 35.4 Å². The van der Waals surface area contributed by atoms with Gasteiger partial charge in [0.15, 0.2) is 5.82 Å². The molecular weight excluding hydrogens is 425 g/mol. The van der Waals surface area contributed by atoms with Crippen molar-refractivity contribution in [3.8, 4) is 23.3 Å². The third kappa shape index (κ3) is 3.62. The number of halogens is 1. The molecule has 6 rings (SSSR count). The predicted molar refractivity (Wildman–Crippen MR) is 123 cm³/mol. The monoisotopic (exact) mass is 449 g/mol. The van der Waals surface area contributed by atoms with Crippen LogP contribution in [0.25, 0.3) is 15.9 Å². The summed E-state index contributed by atoms with van der Waals surface area (Å²) >= 11 is 1.32. The third-order valence-electron chi connectivity index (χ3n) is 6.95. The van der Waals surface area contributed by atoms with E-state index in [1.165, 1.54) is 41.1 Å². The van der Waals surface area contributed by atoms with E-state index in [9.17, 15) is 4.79 Å². The van der Waals surface area contributed by atoms with Gasteiger partial charge in [-0.05, 0) is 63.8 Å². The van der Waals surface area contributed by atoms with Gasteiger partial charge in [0.25, 0.3) is 5.56 Å². The molecule has 1 aromatic carbocycles. The summed E-state index contributed by atoms with van der Waals surface area (Å²) in [4.78, 5) is 20.7. The van der Waals surface area contributed by atoms with Gasteiger partial charge in [-0.15, -0.1) is 11.3 Å². The number of ether oxygens (including phenoxy) is 1. The standard InChI is InChI=1S/C25H24FN3O2S/c1-28-16-5-6-17(28)11-19(10-16)31-18-7-9-23(21(26)12-18)29-14-27-22-13-20(8-4-15-2-3-15)32-24(22)25(29)30/h7,9,12-17,19H,2-3,5-6,10-11H2,1H3/t16-,17+,19?. The van der Waals surface area contributed by atoms with Crippen molar-refractivity contribution in [2.75, 3.05) is 7.05 Å². The number of rotatable bonds is 3. The van der Waals surface area contributed by atoms with Crippen LogP contribution in [0.1, 0.15) is 43.4 Å². The molecular formula is C25H24FN3O2S. The summed E-state index contributed by atoms with van der Waals surface area (Å²) in [6.07, 6.45) is 8.18. The molecule has 1 aliphatic carbocycles. The Labute approximate surface area is 189 Å². The van der Waals surface area contributed by atoms with E-state index in [4.69, 9.17) is 4.74 Å². The van der Waals surface area contributed by atoms with Crippen LogP contribution in [0.4, 0.5) is 4.39 Å². The molecule has 164 valence electrons. The summed E-state index contributed by atoms with van der Waals surface area (Å²) in [7, 11) is 2.19. The zero-order chi connectivity index (χ0) is 21.8. The van der Waals surface area contributed by atoms with Gasteiger partial charge in [0, 0.05) is 24.1 Å². The minimum atomic E-state index is -0.494. The highest BCUT2D eigenvalue weighted by molar-refractivity contribution is 7.19. The average molecular weight is 450 g/mol. The van der Waals surface area contributed by atoms with Crippen LogP contribution in [0.2, 0.25) is 0 Å². The van der Waals surface area contributed by atoms with E-state index in [0.29, 0.717) is 34.0 Å². The first-order chi connectivity index (χ1) is 15.5. The van der Waals surface area contributed by atoms with E-state index < -0.39 is 5.82 Å². The molecule has 1 unspecified atom stereocenters. The van der Waals surface area contributed by atoms with Crippen molar-refractivity contribution in [3.63, 3.8) is 0 Å². The van der Waals surface area contributed by atoms with Crippen LogP contribution in [-0.2, 0) is 0 Å². The molecule has 5 nitrogen and oxygen atoms in total. The first-order valence-corrected chi connectivity index (χ1v) is 12.1. The molecule has 2 bridgehead atoms. The first-order valence-electron chi connectivity index (χ1n) is 11.3. The van der Waals surface area contributed by atoms with Crippen LogP contribution in [-0.4, -0.2) is 39.7 Å². The lowest BCUT2D eigenvalue weighted by Gasteiger charge is -2.36. The van der Waals surface area contributed by atoms with E-state index in [1.54, 1.807) is 12.1 Å². The van der Waals surface area contributed by atoms with Crippen molar-refractivity contribution >= 4 is 21.6 Å². The van der Waals surface area contributed by atoms with Gasteiger partial charge in [-0.3, -0.25) is 9.36 Å². The zero-order valence-electron chi connectivity index (χ0n) is 17.9. The molecule has 2 aliphatic heterocycles. The zero-order valence-corrected chi connectivity index (χ0v) is 18.7. The van der Waals surface area contributed by atoms with Gasteiger partial charge in [0.1, 0.15) is 22.9 Å². The Morgan fingerprint density at radius 1 is 1.16 bits per heavy atom. The Morgan fingerprint density at radius 3 is 2.66 bits per heavy atom. The van der Waals surface area contributed by atoms with Crippen LogP contribution < -0.4 is 10.3 Å². The number of thiophene rings is 1. The minimum absolute atomic E-state index is 0.107. The van der Waals surface area contributed by atoms with Gasteiger partial charge < -0.3 is 9.64 Å². The number of benzene rings is 1. The fraction of sp³-hybridized carbons (Fsp3) is 0.440. The van der Waals surface area contributed by atoms with E-state index in [2.05, 4.69) is 28.8 Å². The number of hydrogen-bond acceptors (Lipinski definition) is 5. The lowest BCUT2D eigenvalue weighted by Crippen LogP contribution is -2.43. The van der Waals surface area contributed by atoms with Gasteiger partial charge in [-0.25, -0.2) is 9.37 Å². The average Bonchev–Trinajstić information content (AvgIpc) is 3.47. The number of nitrogens with zero attached hydrogens (tertiary/aromatic N) is 3. The van der Waals surface area contributed by atoms with Crippen molar-refractivity contribution in [1.29, 1.82) is 0 Å². The van der Waals surface area contributed by atoms with Crippen LogP contribution in [0.5, 0.6) is 5.75 Å². The molecule has 0 spiro atoms. The highest BCUT2D eigenvalue weighted by atomic mass is 32.1. The Kier molecular flexibility index (Phi) is 4.81. The largest absolute Gasteiger partial charge is 0.490 e. The molecule has 3 aromatic rings. The highest BCUT2D eigenvalue weighted by Gasteiger charge is 2.39. The molecule has 2 aromatic heterocycles. The van der Waals surface area contributed by atoms with Crippen molar-refractivity contribution in [2.45, 2.75) is 56.7 Å². The summed E-state index contributed by atoms with van der Waals surface area (Å²) in [6, 6.07) is 7.68. The topological polar surface area (TPSA) is 47.4 Å². The Morgan fingerprint density at radius 2 is 1.94 bits per heavy atom. The molecule has 0 N–H and O–H groups in total. The molecule has 32 heavy (non-hydrogen) atoms. The van der Waals surface area contributed by atoms with Crippen LogP contribution in [0, 0.1) is 23.6 Å². The fourth-order valence-electron chi connectivity index (χ4n) is 4.95. The fourth-order valence-corrected chi connectivity index (χ4v) is 5.86. The first kappa shape index (κ1) is 20.0. The van der Waals surface area contributed by atoms with Gasteiger partial charge in [-0.2, -0.15) is 0 Å². The van der Waals surface area contributed by atoms with Gasteiger partial charge in [0.2, 0.25) is 0 Å². The van der Waals surface area contributed by atoms with Gasteiger partial charge in [0.05, 0.1) is 16.1 Å². The Bertz CT molecular complexity index is 1300.